The van der Waals surface area contributed by atoms with E-state index in [1.807, 2.05) is 43.5 Å². The third kappa shape index (κ3) is 3.61. The lowest BCUT2D eigenvalue weighted by Gasteiger charge is -2.17. The fourth-order valence-electron chi connectivity index (χ4n) is 2.75. The number of hydrogen-bond acceptors (Lipinski definition) is 4. The fraction of sp³-hybridized carbons (Fsp3) is 0.375. The van der Waals surface area contributed by atoms with Gasteiger partial charge in [-0.2, -0.15) is 5.10 Å². The van der Waals surface area contributed by atoms with Gasteiger partial charge in [0, 0.05) is 12.4 Å². The lowest BCUT2D eigenvalue weighted by Crippen LogP contribution is -2.33. The largest absolute Gasteiger partial charge is 0.349 e. The summed E-state index contributed by atoms with van der Waals surface area (Å²) in [6.45, 7) is 1.89. The lowest BCUT2D eigenvalue weighted by atomic mass is 10.0. The van der Waals surface area contributed by atoms with Crippen molar-refractivity contribution >= 4 is 15.7 Å². The molecule has 0 spiro atoms. The van der Waals surface area contributed by atoms with Gasteiger partial charge in [-0.15, -0.1) is 0 Å². The predicted molar refractivity (Wildman–Crippen MR) is 86.9 cm³/mol. The van der Waals surface area contributed by atoms with Crippen LogP contribution >= 0.6 is 0 Å². The minimum atomic E-state index is -3.04. The molecular weight excluding hydrogens is 314 g/mol. The van der Waals surface area contributed by atoms with Gasteiger partial charge in [-0.05, 0) is 37.1 Å². The normalized spacial score (nSPS) is 21.0. The summed E-state index contributed by atoms with van der Waals surface area (Å²) in [5.41, 5.74) is 1.91. The van der Waals surface area contributed by atoms with E-state index >= 15 is 0 Å². The SMILES string of the molecule is C[C@H](NC(=O)[C@H]1CCS(=O)(=O)C1)c1ccc(-n2cccn2)cc1. The Hall–Kier alpha value is -2.15. The van der Waals surface area contributed by atoms with Crippen molar-refractivity contribution < 1.29 is 13.2 Å². The first-order valence-electron chi connectivity index (χ1n) is 7.55. The van der Waals surface area contributed by atoms with Gasteiger partial charge in [0.15, 0.2) is 9.84 Å². The molecule has 2 aromatic rings. The molecule has 1 fully saturated rings. The van der Waals surface area contributed by atoms with Crippen molar-refractivity contribution in [2.24, 2.45) is 5.92 Å². The van der Waals surface area contributed by atoms with Crippen molar-refractivity contribution in [3.63, 3.8) is 0 Å². The monoisotopic (exact) mass is 333 g/mol. The standard InChI is InChI=1S/C16H19N3O3S/c1-12(18-16(20)14-7-10-23(21,22)11-14)13-3-5-15(6-4-13)19-9-2-8-17-19/h2-6,8-9,12,14H,7,10-11H2,1H3,(H,18,20)/t12-,14-/m0/s1. The molecule has 6 nitrogen and oxygen atoms in total. The first-order chi connectivity index (χ1) is 10.9. The topological polar surface area (TPSA) is 81.1 Å². The number of nitrogens with zero attached hydrogens (tertiary/aromatic N) is 2. The third-order valence-electron chi connectivity index (χ3n) is 4.12. The summed E-state index contributed by atoms with van der Waals surface area (Å²) in [5.74, 6) is -0.539. The first kappa shape index (κ1) is 15.7. The van der Waals surface area contributed by atoms with E-state index in [2.05, 4.69) is 10.4 Å². The molecule has 2 atom stereocenters. The van der Waals surface area contributed by atoms with E-state index < -0.39 is 15.8 Å². The average Bonchev–Trinajstić information content (AvgIpc) is 3.16. The molecule has 1 amide bonds. The predicted octanol–water partition coefficient (Wildman–Crippen LogP) is 1.48. The number of aromatic nitrogens is 2. The number of nitrogens with one attached hydrogen (secondary N) is 1. The van der Waals surface area contributed by atoms with Crippen LogP contribution in [0.2, 0.25) is 0 Å². The Morgan fingerprint density at radius 2 is 2.09 bits per heavy atom. The van der Waals surface area contributed by atoms with Crippen LogP contribution in [0.3, 0.4) is 0 Å². The minimum Gasteiger partial charge on any atom is -0.349 e. The molecule has 2 heterocycles. The zero-order chi connectivity index (χ0) is 16.4. The van der Waals surface area contributed by atoms with E-state index in [1.165, 1.54) is 0 Å². The molecule has 1 aromatic carbocycles. The molecule has 3 rings (SSSR count). The van der Waals surface area contributed by atoms with Crippen molar-refractivity contribution in [2.45, 2.75) is 19.4 Å². The molecule has 0 aliphatic carbocycles. The number of sulfone groups is 1. The Morgan fingerprint density at radius 3 is 2.65 bits per heavy atom. The zero-order valence-corrected chi connectivity index (χ0v) is 13.7. The van der Waals surface area contributed by atoms with Gasteiger partial charge in [-0.25, -0.2) is 13.1 Å². The van der Waals surface area contributed by atoms with Crippen LogP contribution in [0.5, 0.6) is 0 Å². The molecule has 7 heteroatoms. The third-order valence-corrected chi connectivity index (χ3v) is 5.89. The van der Waals surface area contributed by atoms with Crippen molar-refractivity contribution in [1.82, 2.24) is 15.1 Å². The second-order valence-corrected chi connectivity index (χ2v) is 8.10. The molecule has 1 aliphatic rings. The molecule has 0 unspecified atom stereocenters. The summed E-state index contributed by atoms with van der Waals surface area (Å²) >= 11 is 0. The Morgan fingerprint density at radius 1 is 1.35 bits per heavy atom. The quantitative estimate of drug-likeness (QED) is 0.919. The van der Waals surface area contributed by atoms with Gasteiger partial charge in [0.25, 0.3) is 0 Å². The second-order valence-electron chi connectivity index (χ2n) is 5.87. The molecule has 0 radical (unpaired) electrons. The number of hydrogen-bond donors (Lipinski definition) is 1. The molecule has 122 valence electrons. The smallest absolute Gasteiger partial charge is 0.224 e. The number of benzene rings is 1. The molecular formula is C16H19N3O3S. The highest BCUT2D eigenvalue weighted by molar-refractivity contribution is 7.91. The highest BCUT2D eigenvalue weighted by atomic mass is 32.2. The Bertz CT molecular complexity index is 782. The zero-order valence-electron chi connectivity index (χ0n) is 12.8. The van der Waals surface area contributed by atoms with Gasteiger partial charge < -0.3 is 5.32 Å². The van der Waals surface area contributed by atoms with E-state index in [0.29, 0.717) is 6.42 Å². The maximum atomic E-state index is 12.2. The van der Waals surface area contributed by atoms with Gasteiger partial charge in [-0.3, -0.25) is 4.79 Å². The van der Waals surface area contributed by atoms with Crippen molar-refractivity contribution in [1.29, 1.82) is 0 Å². The van der Waals surface area contributed by atoms with E-state index in [9.17, 15) is 13.2 Å². The molecule has 1 aromatic heterocycles. The van der Waals surface area contributed by atoms with Crippen LogP contribution in [0.4, 0.5) is 0 Å². The van der Waals surface area contributed by atoms with Crippen LogP contribution < -0.4 is 5.32 Å². The fourth-order valence-corrected chi connectivity index (χ4v) is 4.50. The Kier molecular flexibility index (Phi) is 4.21. The highest BCUT2D eigenvalue weighted by Gasteiger charge is 2.33. The molecule has 0 bridgehead atoms. The number of carbonyl (C=O) groups excluding carboxylic acids is 1. The van der Waals surface area contributed by atoms with E-state index in [4.69, 9.17) is 0 Å². The summed E-state index contributed by atoms with van der Waals surface area (Å²) < 4.78 is 24.7. The summed E-state index contributed by atoms with van der Waals surface area (Å²) in [6, 6.07) is 9.43. The summed E-state index contributed by atoms with van der Waals surface area (Å²) in [7, 11) is -3.04. The molecule has 0 saturated carbocycles. The maximum absolute atomic E-state index is 12.2. The van der Waals surface area contributed by atoms with E-state index in [1.54, 1.807) is 10.9 Å². The number of amides is 1. The molecule has 1 aliphatic heterocycles. The summed E-state index contributed by atoms with van der Waals surface area (Å²) in [4.78, 5) is 12.2. The highest BCUT2D eigenvalue weighted by Crippen LogP contribution is 2.21. The maximum Gasteiger partial charge on any atom is 0.224 e. The van der Waals surface area contributed by atoms with E-state index in [-0.39, 0.29) is 23.5 Å². The van der Waals surface area contributed by atoms with E-state index in [0.717, 1.165) is 11.3 Å². The van der Waals surface area contributed by atoms with Crippen LogP contribution in [-0.4, -0.2) is 35.6 Å². The van der Waals surface area contributed by atoms with Crippen LogP contribution in [0.15, 0.2) is 42.7 Å². The first-order valence-corrected chi connectivity index (χ1v) is 9.37. The molecule has 1 saturated heterocycles. The number of rotatable bonds is 4. The van der Waals surface area contributed by atoms with Crippen LogP contribution in [-0.2, 0) is 14.6 Å². The van der Waals surface area contributed by atoms with Gasteiger partial charge in [0.05, 0.1) is 29.2 Å². The summed E-state index contributed by atoms with van der Waals surface area (Å²) in [5, 5.41) is 7.07. The number of carbonyl (C=O) groups is 1. The minimum absolute atomic E-state index is 0.0379. The Labute approximate surface area is 135 Å². The molecule has 1 N–H and O–H groups in total. The van der Waals surface area contributed by atoms with Crippen molar-refractivity contribution in [2.75, 3.05) is 11.5 Å². The average molecular weight is 333 g/mol. The van der Waals surface area contributed by atoms with Crippen molar-refractivity contribution in [3.05, 3.63) is 48.3 Å². The van der Waals surface area contributed by atoms with Crippen LogP contribution in [0, 0.1) is 5.92 Å². The van der Waals surface area contributed by atoms with Crippen LogP contribution in [0.1, 0.15) is 24.9 Å². The van der Waals surface area contributed by atoms with Crippen LogP contribution in [0.25, 0.3) is 5.69 Å². The lowest BCUT2D eigenvalue weighted by molar-refractivity contribution is -0.124. The summed E-state index contributed by atoms with van der Waals surface area (Å²) in [6.07, 6.45) is 3.99. The second kappa shape index (κ2) is 6.16. The van der Waals surface area contributed by atoms with Crippen molar-refractivity contribution in [3.8, 4) is 5.69 Å². The molecule has 23 heavy (non-hydrogen) atoms. The van der Waals surface area contributed by atoms with Gasteiger partial charge >= 0.3 is 0 Å². The van der Waals surface area contributed by atoms with Gasteiger partial charge in [0.2, 0.25) is 5.91 Å². The van der Waals surface area contributed by atoms with Gasteiger partial charge in [-0.1, -0.05) is 12.1 Å². The Balaban J connectivity index is 1.64. The van der Waals surface area contributed by atoms with Gasteiger partial charge in [0.1, 0.15) is 0 Å².